The van der Waals surface area contributed by atoms with Crippen molar-refractivity contribution in [3.8, 4) is 12.1 Å². The van der Waals surface area contributed by atoms with Crippen LogP contribution in [0, 0.1) is 22.7 Å². The molecule has 0 fully saturated rings. The largest absolute Gasteiger partial charge is 0.375 e. The van der Waals surface area contributed by atoms with Crippen LogP contribution < -0.4 is 5.73 Å². The smallest absolute Gasteiger partial charge is 0.180 e. The molecule has 0 saturated heterocycles. The predicted octanol–water partition coefficient (Wildman–Crippen LogP) is 0.574. The summed E-state index contributed by atoms with van der Waals surface area (Å²) in [5.41, 5.74) is 5.46. The fraction of sp³-hybridized carbons (Fsp3) is 0.375. The Kier molecular flexibility index (Phi) is 3.86. The zero-order valence-corrected chi connectivity index (χ0v) is 8.29. The summed E-state index contributed by atoms with van der Waals surface area (Å²) in [5.74, 6) is 0. The van der Waals surface area contributed by atoms with E-state index in [0.29, 0.717) is 11.7 Å². The van der Waals surface area contributed by atoms with Gasteiger partial charge in [0, 0.05) is 17.6 Å². The lowest BCUT2D eigenvalue weighted by Crippen LogP contribution is -2.23. The second-order valence-electron chi connectivity index (χ2n) is 2.63. The lowest BCUT2D eigenvalue weighted by molar-refractivity contribution is 0.337. The van der Waals surface area contributed by atoms with Gasteiger partial charge in [0.25, 0.3) is 0 Å². The van der Waals surface area contributed by atoms with Gasteiger partial charge < -0.3 is 5.73 Å². The number of nitrogens with two attached hydrogens (primary N) is 1. The van der Waals surface area contributed by atoms with Crippen molar-refractivity contribution in [2.45, 2.75) is 6.54 Å². The van der Waals surface area contributed by atoms with Crippen molar-refractivity contribution in [3.63, 3.8) is 0 Å². The highest BCUT2D eigenvalue weighted by molar-refractivity contribution is 7.15. The first-order valence-electron chi connectivity index (χ1n) is 3.92. The third kappa shape index (κ3) is 3.02. The SMILES string of the molecule is N#CCN(CC#N)Cc1cnc(N)s1. The number of anilines is 1. The molecule has 14 heavy (non-hydrogen) atoms. The van der Waals surface area contributed by atoms with E-state index in [0.717, 1.165) is 4.88 Å². The van der Waals surface area contributed by atoms with Crippen LogP contribution in [0.3, 0.4) is 0 Å². The average molecular weight is 207 g/mol. The Morgan fingerprint density at radius 1 is 1.43 bits per heavy atom. The fourth-order valence-corrected chi connectivity index (χ4v) is 1.71. The molecular weight excluding hydrogens is 198 g/mol. The van der Waals surface area contributed by atoms with Crippen LogP contribution in [0.25, 0.3) is 0 Å². The Bertz CT molecular complexity index is 356. The minimum atomic E-state index is 0.241. The Labute approximate surface area is 86.0 Å². The molecule has 1 rings (SSSR count). The topological polar surface area (TPSA) is 89.7 Å². The van der Waals surface area contributed by atoms with Gasteiger partial charge in [-0.1, -0.05) is 0 Å². The molecule has 1 heterocycles. The lowest BCUT2D eigenvalue weighted by Gasteiger charge is -2.12. The maximum atomic E-state index is 8.51. The zero-order chi connectivity index (χ0) is 10.4. The number of nitrogen functional groups attached to an aromatic ring is 1. The molecule has 0 saturated carbocycles. The third-order valence-electron chi connectivity index (χ3n) is 1.54. The van der Waals surface area contributed by atoms with Gasteiger partial charge in [0.15, 0.2) is 5.13 Å². The summed E-state index contributed by atoms with van der Waals surface area (Å²) in [7, 11) is 0. The van der Waals surface area contributed by atoms with Crippen molar-refractivity contribution in [1.29, 1.82) is 10.5 Å². The Morgan fingerprint density at radius 3 is 2.50 bits per heavy atom. The summed E-state index contributed by atoms with van der Waals surface area (Å²) >= 11 is 1.37. The number of hydrogen-bond acceptors (Lipinski definition) is 6. The Balaban J connectivity index is 2.56. The van der Waals surface area contributed by atoms with E-state index >= 15 is 0 Å². The van der Waals surface area contributed by atoms with Gasteiger partial charge in [-0.2, -0.15) is 10.5 Å². The number of rotatable bonds is 4. The van der Waals surface area contributed by atoms with Gasteiger partial charge >= 0.3 is 0 Å². The van der Waals surface area contributed by atoms with Crippen LogP contribution in [0.1, 0.15) is 4.88 Å². The fourth-order valence-electron chi connectivity index (χ4n) is 0.984. The molecule has 0 aliphatic carbocycles. The summed E-state index contributed by atoms with van der Waals surface area (Å²) in [6.07, 6.45) is 1.67. The maximum absolute atomic E-state index is 8.51. The Hall–Kier alpha value is -1.63. The van der Waals surface area contributed by atoms with E-state index in [-0.39, 0.29) is 13.1 Å². The number of hydrogen-bond donors (Lipinski definition) is 1. The second-order valence-corrected chi connectivity index (χ2v) is 3.77. The van der Waals surface area contributed by atoms with Crippen molar-refractivity contribution in [2.24, 2.45) is 0 Å². The summed E-state index contributed by atoms with van der Waals surface area (Å²) in [4.78, 5) is 6.59. The van der Waals surface area contributed by atoms with E-state index in [1.807, 2.05) is 12.1 Å². The minimum absolute atomic E-state index is 0.241. The molecule has 0 amide bonds. The number of nitriles is 2. The molecule has 0 aliphatic rings. The minimum Gasteiger partial charge on any atom is -0.375 e. The van der Waals surface area contributed by atoms with Crippen molar-refractivity contribution >= 4 is 16.5 Å². The van der Waals surface area contributed by atoms with Gasteiger partial charge in [0.2, 0.25) is 0 Å². The van der Waals surface area contributed by atoms with Gasteiger partial charge in [-0.25, -0.2) is 4.98 Å². The Morgan fingerprint density at radius 2 is 2.07 bits per heavy atom. The highest BCUT2D eigenvalue weighted by Gasteiger charge is 2.06. The number of nitrogens with zero attached hydrogens (tertiary/aromatic N) is 4. The maximum Gasteiger partial charge on any atom is 0.180 e. The van der Waals surface area contributed by atoms with E-state index in [1.165, 1.54) is 11.3 Å². The molecule has 72 valence electrons. The second kappa shape index (κ2) is 5.18. The van der Waals surface area contributed by atoms with E-state index in [9.17, 15) is 0 Å². The van der Waals surface area contributed by atoms with Crippen molar-refractivity contribution < 1.29 is 0 Å². The molecule has 0 aromatic carbocycles. The van der Waals surface area contributed by atoms with Crippen molar-refractivity contribution in [2.75, 3.05) is 18.8 Å². The van der Waals surface area contributed by atoms with Gasteiger partial charge in [-0.3, -0.25) is 4.90 Å². The molecular formula is C8H9N5S. The van der Waals surface area contributed by atoms with Gasteiger partial charge in [-0.05, 0) is 0 Å². The first kappa shape index (κ1) is 10.5. The monoisotopic (exact) mass is 207 g/mol. The van der Waals surface area contributed by atoms with Crippen molar-refractivity contribution in [3.05, 3.63) is 11.1 Å². The quantitative estimate of drug-likeness (QED) is 0.729. The van der Waals surface area contributed by atoms with Crippen LogP contribution in [-0.4, -0.2) is 23.0 Å². The molecule has 1 aromatic rings. The first-order chi connectivity index (χ1) is 6.76. The third-order valence-corrected chi connectivity index (χ3v) is 2.35. The standard InChI is InChI=1S/C8H9N5S/c9-1-3-13(4-2-10)6-7-5-12-8(11)14-7/h5H,3-4,6H2,(H2,11,12). The molecule has 0 aliphatic heterocycles. The molecule has 0 radical (unpaired) electrons. The molecule has 1 aromatic heterocycles. The molecule has 5 nitrogen and oxygen atoms in total. The number of aromatic nitrogens is 1. The van der Waals surface area contributed by atoms with Crippen LogP contribution in [0.4, 0.5) is 5.13 Å². The normalized spacial score (nSPS) is 9.64. The zero-order valence-electron chi connectivity index (χ0n) is 7.47. The van der Waals surface area contributed by atoms with E-state index < -0.39 is 0 Å². The molecule has 0 atom stereocenters. The van der Waals surface area contributed by atoms with E-state index in [1.54, 1.807) is 11.1 Å². The summed E-state index contributed by atoms with van der Waals surface area (Å²) in [6, 6.07) is 4.01. The predicted molar refractivity (Wildman–Crippen MR) is 53.0 cm³/mol. The first-order valence-corrected chi connectivity index (χ1v) is 4.74. The molecule has 0 spiro atoms. The van der Waals surface area contributed by atoms with Gasteiger partial charge in [-0.15, -0.1) is 11.3 Å². The molecule has 0 unspecified atom stereocenters. The van der Waals surface area contributed by atoms with E-state index in [4.69, 9.17) is 16.3 Å². The van der Waals surface area contributed by atoms with Crippen molar-refractivity contribution in [1.82, 2.24) is 9.88 Å². The summed E-state index contributed by atoms with van der Waals surface area (Å²) in [5, 5.41) is 17.5. The lowest BCUT2D eigenvalue weighted by atomic mass is 10.4. The summed E-state index contributed by atoms with van der Waals surface area (Å²) in [6.45, 7) is 1.03. The molecule has 6 heteroatoms. The average Bonchev–Trinajstić information content (AvgIpc) is 2.52. The summed E-state index contributed by atoms with van der Waals surface area (Å²) < 4.78 is 0. The van der Waals surface area contributed by atoms with Crippen LogP contribution in [-0.2, 0) is 6.54 Å². The van der Waals surface area contributed by atoms with Gasteiger partial charge in [0.1, 0.15) is 0 Å². The van der Waals surface area contributed by atoms with Crippen LogP contribution in [0.15, 0.2) is 6.20 Å². The highest BCUT2D eigenvalue weighted by Crippen LogP contribution is 2.15. The van der Waals surface area contributed by atoms with Crippen LogP contribution in [0.2, 0.25) is 0 Å². The highest BCUT2D eigenvalue weighted by atomic mass is 32.1. The molecule has 0 bridgehead atoms. The van der Waals surface area contributed by atoms with Gasteiger partial charge in [0.05, 0.1) is 25.2 Å². The number of thiazole rings is 1. The van der Waals surface area contributed by atoms with Crippen LogP contribution in [0.5, 0.6) is 0 Å². The van der Waals surface area contributed by atoms with E-state index in [2.05, 4.69) is 4.98 Å². The molecule has 2 N–H and O–H groups in total. The van der Waals surface area contributed by atoms with Crippen LogP contribution >= 0.6 is 11.3 Å².